The molecule has 4 amide bonds. The lowest BCUT2D eigenvalue weighted by Gasteiger charge is -2.26. The molecule has 1 aliphatic heterocycles. The van der Waals surface area contributed by atoms with Crippen molar-refractivity contribution in [3.63, 3.8) is 0 Å². The number of rotatable bonds is 3. The van der Waals surface area contributed by atoms with E-state index in [9.17, 15) is 14.4 Å². The molecule has 8 heteroatoms. The van der Waals surface area contributed by atoms with Gasteiger partial charge in [0.1, 0.15) is 17.1 Å². The SMILES string of the molecule is Cc1ccc(N2C(=O)NC(=O)/C(=C/c3ccc(-c4ccc(Cl)c(Cl)c4)o3)C2=O)cc1C. The summed E-state index contributed by atoms with van der Waals surface area (Å²) in [5.41, 5.74) is 2.78. The predicted molar refractivity (Wildman–Crippen MR) is 119 cm³/mol. The Morgan fingerprint density at radius 3 is 2.39 bits per heavy atom. The van der Waals surface area contributed by atoms with Crippen LogP contribution in [0.15, 0.2) is 58.5 Å². The summed E-state index contributed by atoms with van der Waals surface area (Å²) in [6.07, 6.45) is 1.30. The largest absolute Gasteiger partial charge is 0.457 e. The number of hydrogen-bond acceptors (Lipinski definition) is 4. The molecule has 1 N–H and O–H groups in total. The average molecular weight is 455 g/mol. The summed E-state index contributed by atoms with van der Waals surface area (Å²) >= 11 is 12.0. The van der Waals surface area contributed by atoms with Crippen LogP contribution in [0.5, 0.6) is 0 Å². The van der Waals surface area contributed by atoms with Gasteiger partial charge in [-0.05, 0) is 73.5 Å². The molecule has 1 aromatic heterocycles. The van der Waals surface area contributed by atoms with Crippen LogP contribution < -0.4 is 10.2 Å². The van der Waals surface area contributed by atoms with Gasteiger partial charge in [-0.1, -0.05) is 29.3 Å². The lowest BCUT2D eigenvalue weighted by Crippen LogP contribution is -2.54. The number of aryl methyl sites for hydroxylation is 2. The number of hydrogen-bond donors (Lipinski definition) is 1. The van der Waals surface area contributed by atoms with Gasteiger partial charge in [-0.2, -0.15) is 0 Å². The quantitative estimate of drug-likeness (QED) is 0.416. The normalized spacial score (nSPS) is 15.5. The predicted octanol–water partition coefficient (Wildman–Crippen LogP) is 5.54. The van der Waals surface area contributed by atoms with Crippen molar-refractivity contribution in [1.29, 1.82) is 0 Å². The summed E-state index contributed by atoms with van der Waals surface area (Å²) in [6.45, 7) is 3.80. The van der Waals surface area contributed by atoms with Gasteiger partial charge in [-0.25, -0.2) is 9.69 Å². The average Bonchev–Trinajstić information content (AvgIpc) is 3.18. The molecule has 31 heavy (non-hydrogen) atoms. The minimum Gasteiger partial charge on any atom is -0.457 e. The van der Waals surface area contributed by atoms with E-state index in [4.69, 9.17) is 27.6 Å². The number of halogens is 2. The second kappa shape index (κ2) is 8.06. The van der Waals surface area contributed by atoms with Gasteiger partial charge in [0.2, 0.25) is 0 Å². The van der Waals surface area contributed by atoms with E-state index in [0.29, 0.717) is 27.1 Å². The minimum atomic E-state index is -0.800. The maximum absolute atomic E-state index is 13.0. The highest BCUT2D eigenvalue weighted by Crippen LogP contribution is 2.30. The number of furan rings is 1. The van der Waals surface area contributed by atoms with Crippen LogP contribution in [0.3, 0.4) is 0 Å². The van der Waals surface area contributed by atoms with Crippen molar-refractivity contribution < 1.29 is 18.8 Å². The number of urea groups is 1. The van der Waals surface area contributed by atoms with E-state index in [2.05, 4.69) is 5.32 Å². The Morgan fingerprint density at radius 2 is 1.68 bits per heavy atom. The third kappa shape index (κ3) is 4.00. The van der Waals surface area contributed by atoms with Crippen molar-refractivity contribution in [3.05, 3.63) is 81.0 Å². The van der Waals surface area contributed by atoms with Crippen LogP contribution in [-0.2, 0) is 9.59 Å². The van der Waals surface area contributed by atoms with Crippen molar-refractivity contribution in [2.45, 2.75) is 13.8 Å². The molecule has 4 rings (SSSR count). The molecule has 6 nitrogen and oxygen atoms in total. The van der Waals surface area contributed by atoms with E-state index in [1.165, 1.54) is 6.08 Å². The summed E-state index contributed by atoms with van der Waals surface area (Å²) in [7, 11) is 0. The number of carbonyl (C=O) groups is 3. The Labute approximate surface area is 188 Å². The number of imide groups is 2. The van der Waals surface area contributed by atoms with Crippen LogP contribution in [0.4, 0.5) is 10.5 Å². The maximum atomic E-state index is 13.0. The fourth-order valence-electron chi connectivity index (χ4n) is 3.13. The molecule has 156 valence electrons. The summed E-state index contributed by atoms with van der Waals surface area (Å²) in [5.74, 6) is -0.766. The second-order valence-electron chi connectivity index (χ2n) is 7.06. The van der Waals surface area contributed by atoms with Gasteiger partial charge in [0.25, 0.3) is 11.8 Å². The molecule has 0 atom stereocenters. The van der Waals surface area contributed by atoms with Gasteiger partial charge in [-0.3, -0.25) is 14.9 Å². The van der Waals surface area contributed by atoms with Crippen molar-refractivity contribution >= 4 is 52.8 Å². The van der Waals surface area contributed by atoms with Crippen LogP contribution >= 0.6 is 23.2 Å². The van der Waals surface area contributed by atoms with E-state index in [-0.39, 0.29) is 11.3 Å². The van der Waals surface area contributed by atoms with Crippen molar-refractivity contribution in [2.24, 2.45) is 0 Å². The van der Waals surface area contributed by atoms with Crippen molar-refractivity contribution in [1.82, 2.24) is 5.32 Å². The monoisotopic (exact) mass is 454 g/mol. The van der Waals surface area contributed by atoms with Gasteiger partial charge in [0.05, 0.1) is 15.7 Å². The number of anilines is 1. The first-order chi connectivity index (χ1) is 14.7. The first-order valence-electron chi connectivity index (χ1n) is 9.28. The van der Waals surface area contributed by atoms with Crippen molar-refractivity contribution in [3.8, 4) is 11.3 Å². The van der Waals surface area contributed by atoms with Gasteiger partial charge in [0, 0.05) is 5.56 Å². The fraction of sp³-hybridized carbons (Fsp3) is 0.0870. The molecule has 0 saturated carbocycles. The summed E-state index contributed by atoms with van der Waals surface area (Å²) in [5, 5.41) is 2.99. The molecular weight excluding hydrogens is 439 g/mol. The second-order valence-corrected chi connectivity index (χ2v) is 7.87. The molecule has 1 fully saturated rings. The number of nitrogens with one attached hydrogen (secondary N) is 1. The maximum Gasteiger partial charge on any atom is 0.335 e. The third-order valence-electron chi connectivity index (χ3n) is 4.97. The van der Waals surface area contributed by atoms with Crippen LogP contribution in [-0.4, -0.2) is 17.8 Å². The molecular formula is C23H16Cl2N2O4. The Balaban J connectivity index is 1.68. The summed E-state index contributed by atoms with van der Waals surface area (Å²) in [4.78, 5) is 38.7. The molecule has 0 radical (unpaired) electrons. The molecule has 0 unspecified atom stereocenters. The van der Waals surface area contributed by atoms with Crippen LogP contribution in [0.1, 0.15) is 16.9 Å². The number of benzene rings is 2. The van der Waals surface area contributed by atoms with E-state index in [1.54, 1.807) is 48.5 Å². The van der Waals surface area contributed by atoms with Gasteiger partial charge >= 0.3 is 6.03 Å². The zero-order chi connectivity index (χ0) is 22.3. The standard InChI is InChI=1S/C23H16Cl2N2O4/c1-12-3-5-15(9-13(12)2)27-22(29)17(21(28)26-23(27)30)11-16-6-8-20(31-16)14-4-7-18(24)19(25)10-14/h3-11H,1-2H3,(H,26,28,30)/b17-11-. The zero-order valence-electron chi connectivity index (χ0n) is 16.5. The fourth-order valence-corrected chi connectivity index (χ4v) is 3.43. The van der Waals surface area contributed by atoms with E-state index in [1.807, 2.05) is 13.8 Å². The first kappa shape index (κ1) is 20.9. The van der Waals surface area contributed by atoms with Gasteiger partial charge in [0.15, 0.2) is 0 Å². The number of amides is 4. The topological polar surface area (TPSA) is 79.6 Å². The zero-order valence-corrected chi connectivity index (χ0v) is 18.0. The van der Waals surface area contributed by atoms with Gasteiger partial charge < -0.3 is 4.42 Å². The molecule has 1 aliphatic rings. The van der Waals surface area contributed by atoms with Crippen LogP contribution in [0.2, 0.25) is 10.0 Å². The lowest BCUT2D eigenvalue weighted by molar-refractivity contribution is -0.122. The van der Waals surface area contributed by atoms with Crippen LogP contribution in [0.25, 0.3) is 17.4 Å². The Morgan fingerprint density at radius 1 is 0.903 bits per heavy atom. The number of carbonyl (C=O) groups excluding carboxylic acids is 3. The first-order valence-corrected chi connectivity index (χ1v) is 10.0. The van der Waals surface area contributed by atoms with Crippen molar-refractivity contribution in [2.75, 3.05) is 4.90 Å². The number of barbiturate groups is 1. The highest BCUT2D eigenvalue weighted by Gasteiger charge is 2.37. The smallest absolute Gasteiger partial charge is 0.335 e. The Kier molecular flexibility index (Phi) is 5.43. The Bertz CT molecular complexity index is 1280. The summed E-state index contributed by atoms with van der Waals surface area (Å²) in [6, 6.07) is 12.7. The Hall–Kier alpha value is -3.35. The molecule has 3 aromatic rings. The molecule has 2 aromatic carbocycles. The van der Waals surface area contributed by atoms with E-state index in [0.717, 1.165) is 16.0 Å². The van der Waals surface area contributed by atoms with E-state index < -0.39 is 17.8 Å². The molecule has 0 spiro atoms. The minimum absolute atomic E-state index is 0.215. The van der Waals surface area contributed by atoms with Crippen LogP contribution in [0, 0.1) is 13.8 Å². The third-order valence-corrected chi connectivity index (χ3v) is 5.71. The molecule has 0 bridgehead atoms. The summed E-state index contributed by atoms with van der Waals surface area (Å²) < 4.78 is 5.75. The lowest BCUT2D eigenvalue weighted by atomic mass is 10.1. The highest BCUT2D eigenvalue weighted by molar-refractivity contribution is 6.42. The molecule has 1 saturated heterocycles. The molecule has 2 heterocycles. The number of nitrogens with zero attached hydrogens (tertiary/aromatic N) is 1. The molecule has 0 aliphatic carbocycles. The highest BCUT2D eigenvalue weighted by atomic mass is 35.5. The van der Waals surface area contributed by atoms with Gasteiger partial charge in [-0.15, -0.1) is 0 Å². The van der Waals surface area contributed by atoms with E-state index >= 15 is 0 Å².